The lowest BCUT2D eigenvalue weighted by atomic mass is 9.98. The minimum atomic E-state index is 0.0303. The number of methoxy groups -OCH3 is 1. The maximum atomic E-state index is 12.3. The molecule has 0 heterocycles. The zero-order valence-corrected chi connectivity index (χ0v) is 15.0. The number of phenols is 1. The van der Waals surface area contributed by atoms with Gasteiger partial charge in [-0.25, -0.2) is 0 Å². The molecule has 0 aromatic heterocycles. The van der Waals surface area contributed by atoms with Gasteiger partial charge in [0.25, 0.3) is 0 Å². The van der Waals surface area contributed by atoms with Crippen molar-refractivity contribution in [1.29, 1.82) is 0 Å². The fraction of sp³-hybridized carbons (Fsp3) is 0.650. The monoisotopic (exact) mass is 320 g/mol. The number of carbonyl (C=O) groups excluding carboxylic acids is 1. The Morgan fingerprint density at radius 2 is 1.57 bits per heavy atom. The second kappa shape index (κ2) is 11.1. The average molecular weight is 320 g/mol. The van der Waals surface area contributed by atoms with E-state index in [1.807, 2.05) is 6.92 Å². The molecule has 0 saturated carbocycles. The summed E-state index contributed by atoms with van der Waals surface area (Å²) in [6, 6.07) is 3.31. The van der Waals surface area contributed by atoms with Gasteiger partial charge in [0, 0.05) is 12.5 Å². The quantitative estimate of drug-likeness (QED) is 0.390. The lowest BCUT2D eigenvalue weighted by Gasteiger charge is -2.10. The third-order valence-corrected chi connectivity index (χ3v) is 4.31. The minimum absolute atomic E-state index is 0.0303. The molecule has 3 nitrogen and oxygen atoms in total. The van der Waals surface area contributed by atoms with Crippen LogP contribution in [0.1, 0.15) is 87.1 Å². The van der Waals surface area contributed by atoms with Crippen molar-refractivity contribution in [2.24, 2.45) is 0 Å². The van der Waals surface area contributed by atoms with E-state index in [-0.39, 0.29) is 11.5 Å². The molecule has 0 aliphatic rings. The first-order valence-corrected chi connectivity index (χ1v) is 9.01. The number of ether oxygens (including phenoxy) is 1. The maximum absolute atomic E-state index is 12.3. The van der Waals surface area contributed by atoms with Crippen LogP contribution in [0, 0.1) is 6.92 Å². The largest absolute Gasteiger partial charge is 0.507 e. The van der Waals surface area contributed by atoms with Crippen LogP contribution >= 0.6 is 0 Å². The molecular weight excluding hydrogens is 288 g/mol. The third kappa shape index (κ3) is 7.06. The highest BCUT2D eigenvalue weighted by Gasteiger charge is 2.15. The van der Waals surface area contributed by atoms with Gasteiger partial charge in [0.05, 0.1) is 12.7 Å². The van der Waals surface area contributed by atoms with Crippen LogP contribution in [0.3, 0.4) is 0 Å². The lowest BCUT2D eigenvalue weighted by molar-refractivity contribution is 0.0976. The van der Waals surface area contributed by atoms with Crippen molar-refractivity contribution in [2.75, 3.05) is 7.11 Å². The molecule has 1 aromatic rings. The van der Waals surface area contributed by atoms with Crippen LogP contribution in [0.2, 0.25) is 0 Å². The van der Waals surface area contributed by atoms with Gasteiger partial charge >= 0.3 is 0 Å². The Kier molecular flexibility index (Phi) is 9.42. The maximum Gasteiger partial charge on any atom is 0.166 e. The fourth-order valence-corrected chi connectivity index (χ4v) is 2.94. The number of aromatic hydroxyl groups is 1. The molecule has 0 saturated heterocycles. The third-order valence-electron chi connectivity index (χ3n) is 4.31. The van der Waals surface area contributed by atoms with Crippen molar-refractivity contribution >= 4 is 5.78 Å². The average Bonchev–Trinajstić information content (AvgIpc) is 2.52. The van der Waals surface area contributed by atoms with Crippen molar-refractivity contribution < 1.29 is 14.6 Å². The zero-order chi connectivity index (χ0) is 17.1. The van der Waals surface area contributed by atoms with Gasteiger partial charge < -0.3 is 9.84 Å². The van der Waals surface area contributed by atoms with E-state index in [0.29, 0.717) is 17.7 Å². The van der Waals surface area contributed by atoms with Crippen LogP contribution in [-0.2, 0) is 0 Å². The molecule has 0 unspecified atom stereocenters. The highest BCUT2D eigenvalue weighted by Crippen LogP contribution is 2.29. The van der Waals surface area contributed by atoms with Gasteiger partial charge in [0.2, 0.25) is 0 Å². The van der Waals surface area contributed by atoms with Gasteiger partial charge in [-0.05, 0) is 25.0 Å². The Hall–Kier alpha value is -1.51. The van der Waals surface area contributed by atoms with Gasteiger partial charge in [0.15, 0.2) is 5.78 Å². The van der Waals surface area contributed by atoms with Crippen LogP contribution in [0.15, 0.2) is 12.1 Å². The Bertz CT molecular complexity index is 457. The van der Waals surface area contributed by atoms with Crippen LogP contribution in [-0.4, -0.2) is 18.0 Å². The second-order valence-electron chi connectivity index (χ2n) is 6.34. The number of unbranched alkanes of at least 4 members (excludes halogenated alkanes) is 8. The zero-order valence-electron chi connectivity index (χ0n) is 15.0. The van der Waals surface area contributed by atoms with Crippen molar-refractivity contribution in [3.8, 4) is 11.5 Å². The number of carbonyl (C=O) groups is 1. The molecule has 23 heavy (non-hydrogen) atoms. The Morgan fingerprint density at radius 1 is 1.00 bits per heavy atom. The molecule has 0 aliphatic heterocycles. The Labute approximate surface area is 141 Å². The van der Waals surface area contributed by atoms with Crippen molar-refractivity contribution in [2.45, 2.75) is 78.1 Å². The van der Waals surface area contributed by atoms with Crippen molar-refractivity contribution in [1.82, 2.24) is 0 Å². The van der Waals surface area contributed by atoms with E-state index in [1.165, 1.54) is 51.0 Å². The van der Waals surface area contributed by atoms with E-state index in [9.17, 15) is 9.90 Å². The lowest BCUT2D eigenvalue weighted by Crippen LogP contribution is -2.03. The topological polar surface area (TPSA) is 46.5 Å². The van der Waals surface area contributed by atoms with Crippen LogP contribution < -0.4 is 4.74 Å². The molecule has 0 fully saturated rings. The van der Waals surface area contributed by atoms with E-state index < -0.39 is 0 Å². The highest BCUT2D eigenvalue weighted by molar-refractivity contribution is 6.00. The van der Waals surface area contributed by atoms with Gasteiger partial charge in [-0.15, -0.1) is 0 Å². The molecule has 1 N–H and O–H groups in total. The van der Waals surface area contributed by atoms with Crippen LogP contribution in [0.25, 0.3) is 0 Å². The van der Waals surface area contributed by atoms with Gasteiger partial charge in [0.1, 0.15) is 11.5 Å². The molecule has 0 spiro atoms. The number of phenolic OH excluding ortho intramolecular Hbond substituents is 1. The number of Topliss-reactive ketones (excluding diaryl/α,β-unsaturated/α-hetero) is 1. The summed E-state index contributed by atoms with van der Waals surface area (Å²) in [6.45, 7) is 4.07. The molecule has 0 bridgehead atoms. The number of benzene rings is 1. The molecule has 130 valence electrons. The molecule has 0 atom stereocenters. The van der Waals surface area contributed by atoms with Crippen molar-refractivity contribution in [3.05, 3.63) is 23.3 Å². The first-order valence-electron chi connectivity index (χ1n) is 9.01. The molecule has 0 radical (unpaired) electrons. The number of hydrogen-bond donors (Lipinski definition) is 1. The second-order valence-corrected chi connectivity index (χ2v) is 6.34. The van der Waals surface area contributed by atoms with E-state index in [1.54, 1.807) is 13.2 Å². The SMILES string of the molecule is CCCCCCCCCCCC(=O)c1c(C)cc(OC)cc1O. The van der Waals surface area contributed by atoms with E-state index in [4.69, 9.17) is 4.74 Å². The Morgan fingerprint density at radius 3 is 2.09 bits per heavy atom. The van der Waals surface area contributed by atoms with Gasteiger partial charge in [-0.1, -0.05) is 58.3 Å². The van der Waals surface area contributed by atoms with Crippen molar-refractivity contribution in [3.63, 3.8) is 0 Å². The smallest absolute Gasteiger partial charge is 0.166 e. The Balaban J connectivity index is 2.27. The van der Waals surface area contributed by atoms with E-state index >= 15 is 0 Å². The van der Waals surface area contributed by atoms with Crippen LogP contribution in [0.4, 0.5) is 0 Å². The summed E-state index contributed by atoms with van der Waals surface area (Å²) >= 11 is 0. The molecule has 0 aliphatic carbocycles. The molecule has 0 amide bonds. The van der Waals surface area contributed by atoms with E-state index in [2.05, 4.69) is 6.92 Å². The summed E-state index contributed by atoms with van der Waals surface area (Å²) in [6.07, 6.45) is 11.6. The number of hydrogen-bond acceptors (Lipinski definition) is 3. The summed E-state index contributed by atoms with van der Waals surface area (Å²) in [5.41, 5.74) is 1.23. The molecular formula is C20H32O3. The summed E-state index contributed by atoms with van der Waals surface area (Å²) < 4.78 is 5.10. The van der Waals surface area contributed by atoms with Gasteiger partial charge in [-0.3, -0.25) is 4.79 Å². The van der Waals surface area contributed by atoms with Crippen LogP contribution in [0.5, 0.6) is 11.5 Å². The normalized spacial score (nSPS) is 10.7. The highest BCUT2D eigenvalue weighted by atomic mass is 16.5. The first kappa shape index (κ1) is 19.5. The number of ketones is 1. The van der Waals surface area contributed by atoms with E-state index in [0.717, 1.165) is 18.4 Å². The summed E-state index contributed by atoms with van der Waals surface area (Å²) in [4.78, 5) is 12.3. The number of rotatable bonds is 12. The first-order chi connectivity index (χ1) is 11.1. The molecule has 3 heteroatoms. The summed E-state index contributed by atoms with van der Waals surface area (Å²) in [5, 5.41) is 10.0. The molecule has 1 aromatic carbocycles. The predicted octanol–water partition coefficient (Wildman–Crippen LogP) is 5.81. The fourth-order valence-electron chi connectivity index (χ4n) is 2.94. The standard InChI is InChI=1S/C20H32O3/c1-4-5-6-7-8-9-10-11-12-13-18(21)20-16(2)14-17(23-3)15-19(20)22/h14-15,22H,4-13H2,1-3H3. The van der Waals surface area contributed by atoms with Gasteiger partial charge in [-0.2, -0.15) is 0 Å². The molecule has 1 rings (SSSR count). The minimum Gasteiger partial charge on any atom is -0.507 e. The summed E-state index contributed by atoms with van der Waals surface area (Å²) in [5.74, 6) is 0.646. The number of aryl methyl sites for hydroxylation is 1. The summed E-state index contributed by atoms with van der Waals surface area (Å²) in [7, 11) is 1.55. The predicted molar refractivity (Wildman–Crippen MR) is 95.6 cm³/mol.